The molecule has 0 amide bonds. The molecule has 3 nitrogen and oxygen atoms in total. The summed E-state index contributed by atoms with van der Waals surface area (Å²) >= 11 is -1.86. The van der Waals surface area contributed by atoms with Crippen molar-refractivity contribution in [2.45, 2.75) is 77.1 Å². The van der Waals surface area contributed by atoms with Crippen molar-refractivity contribution in [3.8, 4) is 39.5 Å². The summed E-state index contributed by atoms with van der Waals surface area (Å²) in [6.07, 6.45) is 3.27. The van der Waals surface area contributed by atoms with Gasteiger partial charge in [0.1, 0.15) is 0 Å². The molecule has 2 heterocycles. The molecular formula is C61H59GeIrN3-2. The first-order valence-corrected chi connectivity index (χ1v) is 30.6. The normalized spacial score (nSPS) is 11.8. The molecule has 10 aromatic rings. The van der Waals surface area contributed by atoms with Gasteiger partial charge < -0.3 is 4.57 Å². The zero-order chi connectivity index (χ0) is 45.4. The first-order valence-electron chi connectivity index (χ1n) is 23.3. The fourth-order valence-electron chi connectivity index (χ4n) is 9.50. The van der Waals surface area contributed by atoms with Crippen LogP contribution in [0, 0.1) is 18.1 Å². The second kappa shape index (κ2) is 19.7. The van der Waals surface area contributed by atoms with E-state index in [9.17, 15) is 0 Å². The second-order valence-corrected chi connectivity index (χ2v) is 30.1. The van der Waals surface area contributed by atoms with Gasteiger partial charge in [-0.05, 0) is 74.5 Å². The molecule has 1 radical (unpaired) electrons. The maximum Gasteiger partial charge on any atom is 0.0774 e. The number of imidazole rings is 1. The Labute approximate surface area is 408 Å². The van der Waals surface area contributed by atoms with Gasteiger partial charge in [0.2, 0.25) is 0 Å². The van der Waals surface area contributed by atoms with Gasteiger partial charge in [0, 0.05) is 25.8 Å². The van der Waals surface area contributed by atoms with Crippen LogP contribution in [0.4, 0.5) is 0 Å². The average Bonchev–Trinajstić information content (AvgIpc) is 3.70. The summed E-state index contributed by atoms with van der Waals surface area (Å²) in [5, 5.41) is 7.49. The van der Waals surface area contributed by atoms with Crippen LogP contribution in [0.5, 0.6) is 0 Å². The zero-order valence-corrected chi connectivity index (χ0v) is 44.2. The molecule has 0 aliphatic rings. The average molecular weight is 1100 g/mol. The third kappa shape index (κ3) is 9.34. The maximum absolute atomic E-state index is 5.32. The molecular weight excluding hydrogens is 1040 g/mol. The number of para-hydroxylation sites is 2. The van der Waals surface area contributed by atoms with Crippen molar-refractivity contribution in [1.82, 2.24) is 14.5 Å². The standard InChI is InChI=1S/C43H35N2.C18H24GeN.Ir/c1-27(2)37-25-31(29-14-6-5-7-15-29)26-38(28(3)4)42(37)45-41-21-13-12-20-40(41)44-43(45)30-22-23-36-34-18-9-8-16-32(34)33-17-10-11-19-35(33)39(36)24-30;1-14(2)11-16-12-18(15-9-7-6-8-10-15)20-13-17(16)19(3,4)5;/h5-21,23-28H,1-4H3;6-9,12-14H,11H2,1-5H3;/q2*-1;. The largest absolute Gasteiger partial charge is 0.333 e. The van der Waals surface area contributed by atoms with Gasteiger partial charge in [-0.15, -0.1) is 23.8 Å². The van der Waals surface area contributed by atoms with Gasteiger partial charge in [0.15, 0.2) is 0 Å². The molecule has 0 fully saturated rings. The topological polar surface area (TPSA) is 30.7 Å². The van der Waals surface area contributed by atoms with E-state index in [4.69, 9.17) is 9.97 Å². The molecule has 0 aliphatic carbocycles. The molecule has 0 unspecified atom stereocenters. The van der Waals surface area contributed by atoms with Crippen molar-refractivity contribution < 1.29 is 20.1 Å². The fraction of sp³-hybridized carbons (Fsp3) is 0.213. The molecule has 8 aromatic carbocycles. The SMILES string of the molecule is CC(C)Cc1cc(-c2[c-]cccc2)nc[c]1[Ge]([CH3])([CH3])[CH3].CC(C)c1cc(-c2ccccc2)cc(C(C)C)c1-n1c(-c2[c-]cc3c4ccccc4c4ccccc4c3c2)nc2ccccc21.[Ir]. The summed E-state index contributed by atoms with van der Waals surface area (Å²) in [7, 11) is 0. The van der Waals surface area contributed by atoms with E-state index < -0.39 is 13.3 Å². The molecule has 0 saturated carbocycles. The van der Waals surface area contributed by atoms with Crippen LogP contribution < -0.4 is 4.40 Å². The molecule has 0 N–H and O–H groups in total. The Balaban J connectivity index is 0.000000238. The van der Waals surface area contributed by atoms with E-state index >= 15 is 0 Å². The Kier molecular flexibility index (Phi) is 14.0. The Hall–Kier alpha value is -5.65. The van der Waals surface area contributed by atoms with Crippen LogP contribution in [-0.4, -0.2) is 27.8 Å². The van der Waals surface area contributed by atoms with Crippen LogP contribution in [0.25, 0.3) is 82.8 Å². The van der Waals surface area contributed by atoms with E-state index in [1.165, 1.54) is 65.8 Å². The number of rotatable bonds is 9. The smallest absolute Gasteiger partial charge is 0.0774 e. The van der Waals surface area contributed by atoms with Crippen LogP contribution >= 0.6 is 0 Å². The van der Waals surface area contributed by atoms with Gasteiger partial charge in [-0.25, -0.2) is 0 Å². The summed E-state index contributed by atoms with van der Waals surface area (Å²) in [5.74, 6) is 9.54. The first kappa shape index (κ1) is 46.9. The van der Waals surface area contributed by atoms with E-state index in [1.807, 2.05) is 18.2 Å². The molecule has 0 saturated heterocycles. The summed E-state index contributed by atoms with van der Waals surface area (Å²) in [6, 6.07) is 63.4. The van der Waals surface area contributed by atoms with E-state index in [2.05, 4.69) is 221 Å². The van der Waals surface area contributed by atoms with Crippen molar-refractivity contribution in [3.05, 3.63) is 193 Å². The van der Waals surface area contributed by atoms with Crippen molar-refractivity contribution in [2.75, 3.05) is 0 Å². The fourth-order valence-corrected chi connectivity index (χ4v) is 12.8. The number of benzene rings is 8. The molecule has 5 heteroatoms. The molecule has 0 atom stereocenters. The first-order chi connectivity index (χ1) is 31.4. The second-order valence-electron chi connectivity index (χ2n) is 19.6. The minimum Gasteiger partial charge on any atom is -0.333 e. The summed E-state index contributed by atoms with van der Waals surface area (Å²) in [6.45, 7) is 13.8. The van der Waals surface area contributed by atoms with Crippen LogP contribution in [-0.2, 0) is 26.5 Å². The predicted octanol–water partition coefficient (Wildman–Crippen LogP) is 16.2. The molecule has 0 bridgehead atoms. The number of fused-ring (bicyclic) bond motifs is 7. The van der Waals surface area contributed by atoms with Gasteiger partial charge in [0.05, 0.1) is 16.9 Å². The molecule has 10 rings (SSSR count). The Morgan fingerprint density at radius 1 is 0.561 bits per heavy atom. The molecule has 0 spiro atoms. The van der Waals surface area contributed by atoms with Crippen molar-refractivity contribution in [1.29, 1.82) is 0 Å². The van der Waals surface area contributed by atoms with Crippen LogP contribution in [0.1, 0.15) is 70.1 Å². The number of pyridine rings is 1. The monoisotopic (exact) mass is 1100 g/mol. The van der Waals surface area contributed by atoms with Crippen molar-refractivity contribution in [2.24, 2.45) is 5.92 Å². The van der Waals surface area contributed by atoms with E-state index in [0.717, 1.165) is 40.1 Å². The van der Waals surface area contributed by atoms with Crippen LogP contribution in [0.15, 0.2) is 164 Å². The van der Waals surface area contributed by atoms with Gasteiger partial charge in [0.25, 0.3) is 0 Å². The predicted molar refractivity (Wildman–Crippen MR) is 282 cm³/mol. The molecule has 66 heavy (non-hydrogen) atoms. The third-order valence-corrected chi connectivity index (χ3v) is 17.0. The summed E-state index contributed by atoms with van der Waals surface area (Å²) in [5.41, 5.74) is 13.1. The number of hydrogen-bond donors (Lipinski definition) is 0. The minimum absolute atomic E-state index is 0. The molecule has 2 aromatic heterocycles. The van der Waals surface area contributed by atoms with Gasteiger partial charge >= 0.3 is 126 Å². The van der Waals surface area contributed by atoms with Gasteiger partial charge in [-0.1, -0.05) is 135 Å². The van der Waals surface area contributed by atoms with E-state index in [-0.39, 0.29) is 20.1 Å². The number of hydrogen-bond acceptors (Lipinski definition) is 2. The Morgan fingerprint density at radius 2 is 1.14 bits per heavy atom. The minimum atomic E-state index is -1.86. The van der Waals surface area contributed by atoms with Crippen LogP contribution in [0.3, 0.4) is 0 Å². The van der Waals surface area contributed by atoms with E-state index in [0.29, 0.717) is 17.8 Å². The van der Waals surface area contributed by atoms with Crippen LogP contribution in [0.2, 0.25) is 17.3 Å². The maximum atomic E-state index is 5.32. The van der Waals surface area contributed by atoms with Crippen molar-refractivity contribution in [3.63, 3.8) is 0 Å². The quantitative estimate of drug-likeness (QED) is 0.0819. The molecule has 333 valence electrons. The van der Waals surface area contributed by atoms with Gasteiger partial charge in [-0.2, -0.15) is 0 Å². The molecule has 0 aliphatic heterocycles. The Bertz CT molecular complexity index is 3240. The number of nitrogens with zero attached hydrogens (tertiary/aromatic N) is 3. The van der Waals surface area contributed by atoms with Crippen molar-refractivity contribution >= 4 is 61.0 Å². The summed E-state index contributed by atoms with van der Waals surface area (Å²) < 4.78 is 3.95. The Morgan fingerprint density at radius 3 is 1.73 bits per heavy atom. The van der Waals surface area contributed by atoms with Gasteiger partial charge in [-0.3, -0.25) is 4.98 Å². The van der Waals surface area contributed by atoms with E-state index in [1.54, 1.807) is 4.40 Å². The summed E-state index contributed by atoms with van der Waals surface area (Å²) in [4.78, 5) is 10.0. The number of aromatic nitrogens is 3. The zero-order valence-electron chi connectivity index (χ0n) is 39.7. The third-order valence-electron chi connectivity index (χ3n) is 12.6.